The zero-order valence-corrected chi connectivity index (χ0v) is 24.6. The fourth-order valence-corrected chi connectivity index (χ4v) is 5.20. The Morgan fingerprint density at radius 2 is 1.67 bits per heavy atom. The summed E-state index contributed by atoms with van der Waals surface area (Å²) in [6.45, 7) is 4.45. The minimum absolute atomic E-state index is 0.0362. The largest absolute Gasteiger partial charge is 0.492 e. The molecule has 3 amide bonds. The van der Waals surface area contributed by atoms with E-state index in [4.69, 9.17) is 4.74 Å². The summed E-state index contributed by atoms with van der Waals surface area (Å²) in [7, 11) is 0. The molecule has 3 atom stereocenters. The van der Waals surface area contributed by atoms with E-state index in [9.17, 15) is 27.6 Å². The second kappa shape index (κ2) is 14.7. The SMILES string of the molecule is CC(C)[C@H]1NC(=O)[C@@H](Cc2cccc(C(F)(F)F)c2)NCCOc2ccccc2CCCNC(=O)[C@H](CC2CC2)NC1=O. The van der Waals surface area contributed by atoms with Crippen molar-refractivity contribution in [3.8, 4) is 5.75 Å². The van der Waals surface area contributed by atoms with Crippen LogP contribution in [0.15, 0.2) is 48.5 Å². The molecular formula is C32H41F3N4O4. The monoisotopic (exact) mass is 602 g/mol. The topological polar surface area (TPSA) is 109 Å². The number of aryl methyl sites for hydroxylation is 1. The number of para-hydroxylation sites is 1. The van der Waals surface area contributed by atoms with E-state index in [1.165, 1.54) is 12.1 Å². The molecule has 0 spiro atoms. The summed E-state index contributed by atoms with van der Waals surface area (Å²) in [6, 6.07) is 9.82. The molecule has 43 heavy (non-hydrogen) atoms. The molecule has 0 unspecified atom stereocenters. The minimum Gasteiger partial charge on any atom is -0.492 e. The van der Waals surface area contributed by atoms with Crippen LogP contribution in [0.25, 0.3) is 0 Å². The lowest BCUT2D eigenvalue weighted by atomic mass is 9.99. The number of amides is 3. The first-order chi connectivity index (χ1) is 20.5. The number of carbonyl (C=O) groups excluding carboxylic acids is 3. The number of ether oxygens (including phenoxy) is 1. The molecule has 2 aromatic rings. The number of hydrogen-bond acceptors (Lipinski definition) is 5. The van der Waals surface area contributed by atoms with Crippen molar-refractivity contribution in [2.75, 3.05) is 19.7 Å². The molecule has 0 aromatic heterocycles. The molecule has 11 heteroatoms. The molecule has 234 valence electrons. The highest BCUT2D eigenvalue weighted by Gasteiger charge is 2.35. The lowest BCUT2D eigenvalue weighted by molar-refractivity contribution is -0.137. The van der Waals surface area contributed by atoms with Gasteiger partial charge in [-0.05, 0) is 60.8 Å². The van der Waals surface area contributed by atoms with Crippen LogP contribution in [0.5, 0.6) is 5.75 Å². The van der Waals surface area contributed by atoms with Gasteiger partial charge in [0.05, 0.1) is 11.6 Å². The summed E-state index contributed by atoms with van der Waals surface area (Å²) in [5.74, 6) is -0.520. The maximum Gasteiger partial charge on any atom is 0.416 e. The first-order valence-corrected chi connectivity index (χ1v) is 15.0. The predicted molar refractivity (Wildman–Crippen MR) is 156 cm³/mol. The second-order valence-electron chi connectivity index (χ2n) is 11.7. The number of rotatable bonds is 5. The van der Waals surface area contributed by atoms with Gasteiger partial charge in [0, 0.05) is 13.1 Å². The number of benzene rings is 2. The molecule has 1 aliphatic heterocycles. The van der Waals surface area contributed by atoms with Crippen LogP contribution in [-0.2, 0) is 33.4 Å². The normalized spacial score (nSPS) is 23.2. The number of hydrogen-bond donors (Lipinski definition) is 4. The average Bonchev–Trinajstić information content (AvgIpc) is 3.78. The van der Waals surface area contributed by atoms with E-state index in [1.807, 2.05) is 24.3 Å². The third-order valence-electron chi connectivity index (χ3n) is 7.80. The molecule has 0 radical (unpaired) electrons. The third kappa shape index (κ3) is 9.71. The average molecular weight is 603 g/mol. The van der Waals surface area contributed by atoms with Crippen LogP contribution in [0.1, 0.15) is 56.2 Å². The minimum atomic E-state index is -4.52. The summed E-state index contributed by atoms with van der Waals surface area (Å²) in [5, 5.41) is 11.7. The summed E-state index contributed by atoms with van der Waals surface area (Å²) in [4.78, 5) is 40.2. The highest BCUT2D eigenvalue weighted by molar-refractivity contribution is 5.93. The van der Waals surface area contributed by atoms with Crippen LogP contribution in [0.4, 0.5) is 13.2 Å². The highest BCUT2D eigenvalue weighted by Crippen LogP contribution is 2.33. The van der Waals surface area contributed by atoms with E-state index < -0.39 is 41.7 Å². The van der Waals surface area contributed by atoms with Crippen LogP contribution >= 0.6 is 0 Å². The van der Waals surface area contributed by atoms with Gasteiger partial charge in [0.2, 0.25) is 17.7 Å². The van der Waals surface area contributed by atoms with E-state index >= 15 is 0 Å². The van der Waals surface area contributed by atoms with Crippen molar-refractivity contribution in [2.24, 2.45) is 11.8 Å². The Kier molecular flexibility index (Phi) is 11.1. The Labute approximate surface area is 250 Å². The smallest absolute Gasteiger partial charge is 0.416 e. The van der Waals surface area contributed by atoms with Crippen molar-refractivity contribution in [1.82, 2.24) is 21.3 Å². The Hall–Kier alpha value is -3.60. The van der Waals surface area contributed by atoms with Crippen LogP contribution in [-0.4, -0.2) is 55.5 Å². The molecule has 4 rings (SSSR count). The maximum atomic E-state index is 13.6. The van der Waals surface area contributed by atoms with Gasteiger partial charge >= 0.3 is 6.18 Å². The summed E-state index contributed by atoms with van der Waals surface area (Å²) < 4.78 is 46.1. The molecule has 2 aliphatic rings. The number of halogens is 3. The van der Waals surface area contributed by atoms with Crippen molar-refractivity contribution in [2.45, 2.75) is 76.7 Å². The molecule has 0 bridgehead atoms. The van der Waals surface area contributed by atoms with Gasteiger partial charge in [-0.1, -0.05) is 63.1 Å². The zero-order valence-electron chi connectivity index (χ0n) is 24.6. The van der Waals surface area contributed by atoms with Crippen LogP contribution in [0.2, 0.25) is 0 Å². The fourth-order valence-electron chi connectivity index (χ4n) is 5.20. The molecule has 2 aromatic carbocycles. The first kappa shape index (κ1) is 32.3. The quantitative estimate of drug-likeness (QED) is 0.417. The molecule has 1 aliphatic carbocycles. The van der Waals surface area contributed by atoms with Gasteiger partial charge < -0.3 is 26.0 Å². The van der Waals surface area contributed by atoms with Crippen molar-refractivity contribution < 1.29 is 32.3 Å². The zero-order chi connectivity index (χ0) is 31.0. The maximum absolute atomic E-state index is 13.6. The Morgan fingerprint density at radius 1 is 0.907 bits per heavy atom. The molecule has 1 heterocycles. The number of carbonyl (C=O) groups is 3. The first-order valence-electron chi connectivity index (χ1n) is 15.0. The molecule has 4 N–H and O–H groups in total. The summed E-state index contributed by atoms with van der Waals surface area (Å²) >= 11 is 0. The van der Waals surface area contributed by atoms with Crippen LogP contribution in [0.3, 0.4) is 0 Å². The van der Waals surface area contributed by atoms with Gasteiger partial charge in [-0.3, -0.25) is 14.4 Å². The number of nitrogens with one attached hydrogen (secondary N) is 4. The number of fused-ring (bicyclic) bond motifs is 1. The molecule has 1 saturated carbocycles. The van der Waals surface area contributed by atoms with E-state index in [2.05, 4.69) is 21.3 Å². The lowest BCUT2D eigenvalue weighted by Gasteiger charge is -2.28. The van der Waals surface area contributed by atoms with Crippen molar-refractivity contribution in [3.05, 3.63) is 65.2 Å². The van der Waals surface area contributed by atoms with Crippen molar-refractivity contribution in [3.63, 3.8) is 0 Å². The van der Waals surface area contributed by atoms with Crippen molar-refractivity contribution >= 4 is 17.7 Å². The second-order valence-corrected chi connectivity index (χ2v) is 11.7. The molecule has 8 nitrogen and oxygen atoms in total. The van der Waals surface area contributed by atoms with Gasteiger partial charge in [0.15, 0.2) is 0 Å². The third-order valence-corrected chi connectivity index (χ3v) is 7.80. The Balaban J connectivity index is 1.58. The molecule has 0 saturated heterocycles. The summed E-state index contributed by atoms with van der Waals surface area (Å²) in [5.41, 5.74) is 0.492. The molecular weight excluding hydrogens is 561 g/mol. The van der Waals surface area contributed by atoms with Crippen LogP contribution < -0.4 is 26.0 Å². The van der Waals surface area contributed by atoms with E-state index in [-0.39, 0.29) is 31.4 Å². The fraction of sp³-hybridized carbons (Fsp3) is 0.531. The van der Waals surface area contributed by atoms with Gasteiger partial charge in [0.1, 0.15) is 24.4 Å². The van der Waals surface area contributed by atoms with Gasteiger partial charge in [0.25, 0.3) is 0 Å². The molecule has 1 fully saturated rings. The van der Waals surface area contributed by atoms with E-state index in [1.54, 1.807) is 13.8 Å². The van der Waals surface area contributed by atoms with Gasteiger partial charge in [-0.2, -0.15) is 13.2 Å². The lowest BCUT2D eigenvalue weighted by Crippen LogP contribution is -2.58. The van der Waals surface area contributed by atoms with Gasteiger partial charge in [-0.25, -0.2) is 0 Å². The standard InChI is InChI=1S/C32H41F3N4O4/c1-20(2)28-31(42)38-26(18-21-12-13-21)29(40)37-14-6-9-23-8-3-4-11-27(23)43-16-15-36-25(30(41)39-28)19-22-7-5-10-24(17-22)32(33,34)35/h3-5,7-8,10-11,17,20-21,25-26,28,36H,6,9,12-16,18-19H2,1-2H3,(H,37,40)(H,38,42)(H,39,41)/t25-,26+,28-/m1/s1. The predicted octanol–water partition coefficient (Wildman–Crippen LogP) is 3.77. The van der Waals surface area contributed by atoms with E-state index in [0.717, 1.165) is 30.5 Å². The number of alkyl halides is 3. The van der Waals surface area contributed by atoms with E-state index in [0.29, 0.717) is 43.0 Å². The Bertz CT molecular complexity index is 1270. The summed E-state index contributed by atoms with van der Waals surface area (Å²) in [6.07, 6.45) is -0.682. The Morgan fingerprint density at radius 3 is 2.40 bits per heavy atom. The highest BCUT2D eigenvalue weighted by atomic mass is 19.4. The van der Waals surface area contributed by atoms with Crippen LogP contribution in [0, 0.1) is 11.8 Å². The van der Waals surface area contributed by atoms with Crippen molar-refractivity contribution in [1.29, 1.82) is 0 Å². The van der Waals surface area contributed by atoms with Gasteiger partial charge in [-0.15, -0.1) is 0 Å².